The van der Waals surface area contributed by atoms with Crippen LogP contribution in [0.3, 0.4) is 0 Å². The molecule has 0 unspecified atom stereocenters. The molecule has 0 bridgehead atoms. The topological polar surface area (TPSA) is 57.4 Å². The van der Waals surface area contributed by atoms with Gasteiger partial charge in [-0.3, -0.25) is 9.69 Å². The number of carbonyl (C=O) groups excluding carboxylic acids is 1. The van der Waals surface area contributed by atoms with E-state index >= 15 is 0 Å². The van der Waals surface area contributed by atoms with Crippen LogP contribution < -0.4 is 5.32 Å². The number of morpholine rings is 1. The van der Waals surface area contributed by atoms with Gasteiger partial charge in [0, 0.05) is 60.6 Å². The minimum atomic E-state index is -0.421. The molecule has 1 saturated heterocycles. The zero-order chi connectivity index (χ0) is 21.8. The zero-order valence-electron chi connectivity index (χ0n) is 17.6. The molecular weight excluding hydrogens is 417 g/mol. The number of ether oxygens (including phenoxy) is 1. The van der Waals surface area contributed by atoms with Gasteiger partial charge in [-0.05, 0) is 42.3 Å². The number of H-pyrrole nitrogens is 1. The molecule has 0 radical (unpaired) electrons. The summed E-state index contributed by atoms with van der Waals surface area (Å²) < 4.78 is 20.2. The van der Waals surface area contributed by atoms with Crippen molar-refractivity contribution in [2.45, 2.75) is 19.3 Å². The fourth-order valence-electron chi connectivity index (χ4n) is 4.16. The van der Waals surface area contributed by atoms with Crippen molar-refractivity contribution in [3.8, 4) is 0 Å². The Labute approximate surface area is 186 Å². The maximum absolute atomic E-state index is 14.8. The molecule has 2 aromatic carbocycles. The lowest BCUT2D eigenvalue weighted by Crippen LogP contribution is -2.41. The van der Waals surface area contributed by atoms with Crippen LogP contribution in [-0.2, 0) is 9.53 Å². The third-order valence-electron chi connectivity index (χ3n) is 5.82. The van der Waals surface area contributed by atoms with Gasteiger partial charge in [0.2, 0.25) is 5.91 Å². The summed E-state index contributed by atoms with van der Waals surface area (Å²) in [6.45, 7) is 6.47. The Kier molecular flexibility index (Phi) is 6.90. The lowest BCUT2D eigenvalue weighted by Gasteiger charge is -2.26. The molecule has 1 aliphatic heterocycles. The third kappa shape index (κ3) is 5.26. The monoisotopic (exact) mass is 443 g/mol. The maximum Gasteiger partial charge on any atom is 0.220 e. The molecule has 1 atom stereocenters. The SMILES string of the molecule is Cc1ccc(F)c([C@@H](CC(=O)NCCN2CCOCC2)c2c[nH]c3ccc(Cl)cc23)c1. The average Bonchev–Trinajstić information content (AvgIpc) is 3.17. The van der Waals surface area contributed by atoms with Gasteiger partial charge >= 0.3 is 0 Å². The number of amides is 1. The van der Waals surface area contributed by atoms with Crippen molar-refractivity contribution in [3.05, 3.63) is 70.1 Å². The molecule has 1 amide bonds. The first-order valence-corrected chi connectivity index (χ1v) is 11.0. The lowest BCUT2D eigenvalue weighted by atomic mass is 9.87. The highest BCUT2D eigenvalue weighted by Crippen LogP contribution is 2.36. The Bertz CT molecular complexity index is 1060. The second-order valence-corrected chi connectivity index (χ2v) is 8.46. The Morgan fingerprint density at radius 1 is 1.23 bits per heavy atom. The fraction of sp³-hybridized carbons (Fsp3) is 0.375. The number of nitrogens with zero attached hydrogens (tertiary/aromatic N) is 1. The number of aromatic amines is 1. The van der Waals surface area contributed by atoms with Gasteiger partial charge in [0.25, 0.3) is 0 Å². The van der Waals surface area contributed by atoms with Crippen molar-refractivity contribution in [1.29, 1.82) is 0 Å². The molecular formula is C24H27ClFN3O2. The first-order chi connectivity index (χ1) is 15.0. The highest BCUT2D eigenvalue weighted by atomic mass is 35.5. The summed E-state index contributed by atoms with van der Waals surface area (Å²) in [4.78, 5) is 18.3. The van der Waals surface area contributed by atoms with Crippen LogP contribution in [0.4, 0.5) is 4.39 Å². The Morgan fingerprint density at radius 2 is 2.03 bits per heavy atom. The van der Waals surface area contributed by atoms with Crippen LogP contribution in [0.15, 0.2) is 42.6 Å². The van der Waals surface area contributed by atoms with Gasteiger partial charge < -0.3 is 15.0 Å². The van der Waals surface area contributed by atoms with E-state index in [-0.39, 0.29) is 18.1 Å². The van der Waals surface area contributed by atoms with Gasteiger partial charge in [-0.1, -0.05) is 29.3 Å². The third-order valence-corrected chi connectivity index (χ3v) is 6.06. The number of nitrogens with one attached hydrogen (secondary N) is 2. The summed E-state index contributed by atoms with van der Waals surface area (Å²) in [5.41, 5.74) is 3.24. The van der Waals surface area contributed by atoms with Gasteiger partial charge in [-0.25, -0.2) is 4.39 Å². The van der Waals surface area contributed by atoms with Gasteiger partial charge in [0.1, 0.15) is 5.82 Å². The first-order valence-electron chi connectivity index (χ1n) is 10.6. The molecule has 3 aromatic rings. The van der Waals surface area contributed by atoms with Crippen LogP contribution in [0.25, 0.3) is 10.9 Å². The zero-order valence-corrected chi connectivity index (χ0v) is 18.3. The van der Waals surface area contributed by atoms with Crippen LogP contribution in [0.5, 0.6) is 0 Å². The molecule has 164 valence electrons. The van der Waals surface area contributed by atoms with E-state index in [0.29, 0.717) is 17.1 Å². The van der Waals surface area contributed by atoms with Crippen molar-refractivity contribution in [2.24, 2.45) is 0 Å². The standard InChI is InChI=1S/C24H27ClFN3O2/c1-16-2-4-22(26)19(12-16)18(21-15-28-23-5-3-17(25)13-20(21)23)14-24(30)27-6-7-29-8-10-31-11-9-29/h2-5,12-13,15,18,28H,6-11,14H2,1H3,(H,27,30)/t18-/m1/s1. The second kappa shape index (κ2) is 9.81. The van der Waals surface area contributed by atoms with Crippen LogP contribution in [-0.4, -0.2) is 55.2 Å². The number of halogens is 2. The second-order valence-electron chi connectivity index (χ2n) is 8.02. The minimum Gasteiger partial charge on any atom is -0.379 e. The molecule has 0 spiro atoms. The number of aromatic nitrogens is 1. The van der Waals surface area contributed by atoms with E-state index in [9.17, 15) is 9.18 Å². The van der Waals surface area contributed by atoms with Crippen molar-refractivity contribution in [1.82, 2.24) is 15.2 Å². The van der Waals surface area contributed by atoms with E-state index < -0.39 is 5.92 Å². The van der Waals surface area contributed by atoms with E-state index in [1.54, 1.807) is 6.07 Å². The summed E-state index contributed by atoms with van der Waals surface area (Å²) in [5.74, 6) is -0.834. The number of rotatable bonds is 7. The summed E-state index contributed by atoms with van der Waals surface area (Å²) in [5, 5.41) is 4.51. The fourth-order valence-corrected chi connectivity index (χ4v) is 4.33. The number of hydrogen-bond donors (Lipinski definition) is 2. The Balaban J connectivity index is 1.56. The maximum atomic E-state index is 14.8. The molecule has 7 heteroatoms. The number of fused-ring (bicyclic) bond motifs is 1. The van der Waals surface area contributed by atoms with E-state index in [1.165, 1.54) is 6.07 Å². The van der Waals surface area contributed by atoms with E-state index in [1.807, 2.05) is 37.4 Å². The van der Waals surface area contributed by atoms with Crippen molar-refractivity contribution in [3.63, 3.8) is 0 Å². The number of hydrogen-bond acceptors (Lipinski definition) is 3. The van der Waals surface area contributed by atoms with Crippen molar-refractivity contribution < 1.29 is 13.9 Å². The predicted molar refractivity (Wildman–Crippen MR) is 121 cm³/mol. The Morgan fingerprint density at radius 3 is 2.84 bits per heavy atom. The first kappa shape index (κ1) is 21.8. The number of aryl methyl sites for hydroxylation is 1. The highest BCUT2D eigenvalue weighted by molar-refractivity contribution is 6.31. The van der Waals surface area contributed by atoms with Crippen LogP contribution in [0.1, 0.15) is 29.0 Å². The largest absolute Gasteiger partial charge is 0.379 e. The molecule has 1 aromatic heterocycles. The van der Waals surface area contributed by atoms with Gasteiger partial charge in [0.15, 0.2) is 0 Å². The minimum absolute atomic E-state index is 0.101. The van der Waals surface area contributed by atoms with Crippen LogP contribution in [0.2, 0.25) is 5.02 Å². The van der Waals surface area contributed by atoms with Crippen molar-refractivity contribution >= 4 is 28.4 Å². The molecule has 2 N–H and O–H groups in total. The van der Waals surface area contributed by atoms with Gasteiger partial charge in [0.05, 0.1) is 13.2 Å². The number of carbonyl (C=O) groups is 1. The lowest BCUT2D eigenvalue weighted by molar-refractivity contribution is -0.121. The van der Waals surface area contributed by atoms with E-state index in [0.717, 1.165) is 54.9 Å². The quantitative estimate of drug-likeness (QED) is 0.574. The molecule has 1 fully saturated rings. The van der Waals surface area contributed by atoms with Gasteiger partial charge in [-0.2, -0.15) is 0 Å². The molecule has 4 rings (SSSR count). The summed E-state index contributed by atoms with van der Waals surface area (Å²) in [6, 6.07) is 10.6. The molecule has 0 saturated carbocycles. The van der Waals surface area contributed by atoms with Crippen molar-refractivity contribution in [2.75, 3.05) is 39.4 Å². The summed E-state index contributed by atoms with van der Waals surface area (Å²) in [7, 11) is 0. The average molecular weight is 444 g/mol. The Hall–Kier alpha value is -2.41. The van der Waals surface area contributed by atoms with Crippen LogP contribution >= 0.6 is 11.6 Å². The molecule has 0 aliphatic carbocycles. The van der Waals surface area contributed by atoms with E-state index in [2.05, 4.69) is 15.2 Å². The summed E-state index contributed by atoms with van der Waals surface area (Å²) in [6.07, 6.45) is 2.01. The van der Waals surface area contributed by atoms with Crippen LogP contribution in [0, 0.1) is 12.7 Å². The predicted octanol–water partition coefficient (Wildman–Crippen LogP) is 4.24. The van der Waals surface area contributed by atoms with E-state index in [4.69, 9.17) is 16.3 Å². The van der Waals surface area contributed by atoms with Gasteiger partial charge in [-0.15, -0.1) is 0 Å². The molecule has 2 heterocycles. The normalized spacial score (nSPS) is 15.8. The molecule has 31 heavy (non-hydrogen) atoms. The summed E-state index contributed by atoms with van der Waals surface area (Å²) >= 11 is 6.22. The molecule has 5 nitrogen and oxygen atoms in total. The smallest absolute Gasteiger partial charge is 0.220 e. The molecule has 1 aliphatic rings. The highest BCUT2D eigenvalue weighted by Gasteiger charge is 2.24. The number of benzene rings is 2.